The minimum absolute atomic E-state index is 0.153. The van der Waals surface area contributed by atoms with E-state index in [0.29, 0.717) is 11.6 Å². The number of hydrogen-bond acceptors (Lipinski definition) is 3. The fourth-order valence-corrected chi connectivity index (χ4v) is 4.84. The van der Waals surface area contributed by atoms with E-state index in [0.717, 1.165) is 16.7 Å². The molecule has 0 heterocycles. The van der Waals surface area contributed by atoms with E-state index in [1.165, 1.54) is 4.31 Å². The molecule has 0 aliphatic rings. The molecule has 3 aromatic rings. The number of nitrogens with one attached hydrogen (secondary N) is 1. The van der Waals surface area contributed by atoms with Gasteiger partial charge in [-0.15, -0.1) is 0 Å². The Morgan fingerprint density at radius 2 is 1.44 bits per heavy atom. The Hall–Kier alpha value is -3.12. The number of sulfonamides is 1. The fourth-order valence-electron chi connectivity index (χ4n) is 3.42. The van der Waals surface area contributed by atoms with Gasteiger partial charge in [0.25, 0.3) is 10.0 Å². The molecule has 0 aromatic heterocycles. The molecule has 32 heavy (non-hydrogen) atoms. The quantitative estimate of drug-likeness (QED) is 0.513. The SMILES string of the molecule is Cc1ccc(S(=O)(=O)N(CC(=O)N[C@@H](C)c2ccccc2)c2ccc(C(C)C)cc2)cc1. The summed E-state index contributed by atoms with van der Waals surface area (Å²) < 4.78 is 28.2. The summed E-state index contributed by atoms with van der Waals surface area (Å²) in [5, 5.41) is 2.91. The van der Waals surface area contributed by atoms with Gasteiger partial charge in [0.2, 0.25) is 5.91 Å². The van der Waals surface area contributed by atoms with Crippen LogP contribution in [0.15, 0.2) is 83.8 Å². The third-order valence-corrected chi connectivity index (χ3v) is 7.21. The monoisotopic (exact) mass is 450 g/mol. The van der Waals surface area contributed by atoms with Crippen LogP contribution in [0.2, 0.25) is 0 Å². The van der Waals surface area contributed by atoms with Gasteiger partial charge in [-0.1, -0.05) is 74.0 Å². The van der Waals surface area contributed by atoms with Gasteiger partial charge in [0, 0.05) is 0 Å². The van der Waals surface area contributed by atoms with Gasteiger partial charge in [-0.3, -0.25) is 9.10 Å². The summed E-state index contributed by atoms with van der Waals surface area (Å²) in [5.74, 6) is -0.0498. The first-order valence-corrected chi connectivity index (χ1v) is 12.2. The topological polar surface area (TPSA) is 66.5 Å². The van der Waals surface area contributed by atoms with Crippen LogP contribution in [0.5, 0.6) is 0 Å². The molecular formula is C26H30N2O3S. The number of carbonyl (C=O) groups is 1. The Morgan fingerprint density at radius 1 is 0.844 bits per heavy atom. The van der Waals surface area contributed by atoms with E-state index < -0.39 is 10.0 Å². The smallest absolute Gasteiger partial charge is 0.264 e. The Kier molecular flexibility index (Phi) is 7.36. The molecule has 3 rings (SSSR count). The van der Waals surface area contributed by atoms with Gasteiger partial charge >= 0.3 is 0 Å². The van der Waals surface area contributed by atoms with Crippen molar-refractivity contribution in [2.45, 2.75) is 44.6 Å². The van der Waals surface area contributed by atoms with Gasteiger partial charge in [-0.05, 0) is 55.2 Å². The maximum absolute atomic E-state index is 13.5. The van der Waals surface area contributed by atoms with Gasteiger partial charge < -0.3 is 5.32 Å². The zero-order valence-electron chi connectivity index (χ0n) is 18.9. The number of aryl methyl sites for hydroxylation is 1. The van der Waals surface area contributed by atoms with Crippen molar-refractivity contribution in [3.8, 4) is 0 Å². The summed E-state index contributed by atoms with van der Waals surface area (Å²) in [4.78, 5) is 13.1. The molecule has 0 spiro atoms. The van der Waals surface area contributed by atoms with Crippen molar-refractivity contribution in [3.63, 3.8) is 0 Å². The van der Waals surface area contributed by atoms with Crippen LogP contribution in [-0.4, -0.2) is 20.9 Å². The van der Waals surface area contributed by atoms with Crippen LogP contribution in [0.4, 0.5) is 5.69 Å². The summed E-state index contributed by atoms with van der Waals surface area (Å²) in [7, 11) is -3.93. The van der Waals surface area contributed by atoms with Gasteiger partial charge in [-0.25, -0.2) is 8.42 Å². The normalized spacial score (nSPS) is 12.4. The molecule has 5 nitrogen and oxygen atoms in total. The highest BCUT2D eigenvalue weighted by molar-refractivity contribution is 7.92. The predicted octanol–water partition coefficient (Wildman–Crippen LogP) is 5.19. The Morgan fingerprint density at radius 3 is 2.00 bits per heavy atom. The highest BCUT2D eigenvalue weighted by Gasteiger charge is 2.27. The van der Waals surface area contributed by atoms with Crippen molar-refractivity contribution in [1.29, 1.82) is 0 Å². The van der Waals surface area contributed by atoms with Crippen molar-refractivity contribution in [2.75, 3.05) is 10.8 Å². The predicted molar refractivity (Wildman–Crippen MR) is 129 cm³/mol. The number of amides is 1. The lowest BCUT2D eigenvalue weighted by molar-refractivity contribution is -0.120. The Labute approximate surface area is 191 Å². The van der Waals surface area contributed by atoms with Crippen molar-refractivity contribution < 1.29 is 13.2 Å². The van der Waals surface area contributed by atoms with E-state index in [4.69, 9.17) is 0 Å². The second-order valence-corrected chi connectivity index (χ2v) is 10.1. The maximum atomic E-state index is 13.5. The van der Waals surface area contributed by atoms with Crippen LogP contribution in [-0.2, 0) is 14.8 Å². The first-order valence-electron chi connectivity index (χ1n) is 10.7. The summed E-state index contributed by atoms with van der Waals surface area (Å²) in [5.41, 5.74) is 3.47. The van der Waals surface area contributed by atoms with Crippen LogP contribution in [0.25, 0.3) is 0 Å². The van der Waals surface area contributed by atoms with E-state index in [1.54, 1.807) is 36.4 Å². The molecule has 0 saturated carbocycles. The number of rotatable bonds is 8. The highest BCUT2D eigenvalue weighted by Crippen LogP contribution is 2.26. The fraction of sp³-hybridized carbons (Fsp3) is 0.269. The van der Waals surface area contributed by atoms with Crippen molar-refractivity contribution in [3.05, 3.63) is 95.6 Å². The molecule has 0 bridgehead atoms. The largest absolute Gasteiger partial charge is 0.348 e. The molecule has 0 saturated heterocycles. The van der Waals surface area contributed by atoms with Crippen LogP contribution in [0.1, 0.15) is 49.4 Å². The van der Waals surface area contributed by atoms with Crippen LogP contribution in [0, 0.1) is 6.92 Å². The maximum Gasteiger partial charge on any atom is 0.264 e. The molecule has 3 aromatic carbocycles. The lowest BCUT2D eigenvalue weighted by Crippen LogP contribution is -2.41. The lowest BCUT2D eigenvalue weighted by Gasteiger charge is -2.25. The van der Waals surface area contributed by atoms with Gasteiger partial charge in [0.1, 0.15) is 6.54 Å². The number of benzene rings is 3. The molecule has 0 aliphatic carbocycles. The molecule has 0 unspecified atom stereocenters. The third kappa shape index (κ3) is 5.56. The Balaban J connectivity index is 1.91. The minimum Gasteiger partial charge on any atom is -0.348 e. The molecular weight excluding hydrogens is 420 g/mol. The lowest BCUT2D eigenvalue weighted by atomic mass is 10.0. The third-order valence-electron chi connectivity index (χ3n) is 5.42. The molecule has 0 fully saturated rings. The summed E-state index contributed by atoms with van der Waals surface area (Å²) in [6, 6.07) is 23.3. The molecule has 168 valence electrons. The number of hydrogen-bond donors (Lipinski definition) is 1. The van der Waals surface area contributed by atoms with Crippen molar-refractivity contribution >= 4 is 21.6 Å². The number of nitrogens with zero attached hydrogens (tertiary/aromatic N) is 1. The van der Waals surface area contributed by atoms with Crippen molar-refractivity contribution in [1.82, 2.24) is 5.32 Å². The molecule has 0 radical (unpaired) electrons. The number of carbonyl (C=O) groups excluding carboxylic acids is 1. The first kappa shape index (κ1) is 23.5. The van der Waals surface area contributed by atoms with E-state index in [1.807, 2.05) is 56.3 Å². The minimum atomic E-state index is -3.93. The number of anilines is 1. The second kappa shape index (κ2) is 10.0. The molecule has 1 atom stereocenters. The first-order chi connectivity index (χ1) is 15.2. The summed E-state index contributed by atoms with van der Waals surface area (Å²) in [6.07, 6.45) is 0. The zero-order chi connectivity index (χ0) is 23.3. The van der Waals surface area contributed by atoms with E-state index in [9.17, 15) is 13.2 Å². The molecule has 0 aliphatic heterocycles. The van der Waals surface area contributed by atoms with Crippen LogP contribution < -0.4 is 9.62 Å². The van der Waals surface area contributed by atoms with E-state index in [2.05, 4.69) is 19.2 Å². The van der Waals surface area contributed by atoms with Gasteiger partial charge in [-0.2, -0.15) is 0 Å². The average molecular weight is 451 g/mol. The van der Waals surface area contributed by atoms with Crippen molar-refractivity contribution in [2.24, 2.45) is 0 Å². The second-order valence-electron chi connectivity index (χ2n) is 8.27. The van der Waals surface area contributed by atoms with Crippen LogP contribution >= 0.6 is 0 Å². The van der Waals surface area contributed by atoms with E-state index in [-0.39, 0.29) is 23.4 Å². The van der Waals surface area contributed by atoms with Gasteiger partial charge in [0.05, 0.1) is 16.6 Å². The molecule has 1 amide bonds. The van der Waals surface area contributed by atoms with Gasteiger partial charge in [0.15, 0.2) is 0 Å². The zero-order valence-corrected chi connectivity index (χ0v) is 19.8. The molecule has 1 N–H and O–H groups in total. The highest BCUT2D eigenvalue weighted by atomic mass is 32.2. The average Bonchev–Trinajstić information content (AvgIpc) is 2.78. The Bertz CT molecular complexity index is 1140. The van der Waals surface area contributed by atoms with E-state index >= 15 is 0 Å². The summed E-state index contributed by atoms with van der Waals surface area (Å²) in [6.45, 7) is 7.62. The van der Waals surface area contributed by atoms with Crippen LogP contribution in [0.3, 0.4) is 0 Å². The summed E-state index contributed by atoms with van der Waals surface area (Å²) >= 11 is 0. The molecule has 6 heteroatoms. The standard InChI is InChI=1S/C26H30N2O3S/c1-19(2)22-12-14-24(15-13-22)28(32(30,31)25-16-10-20(3)11-17-25)18-26(29)27-21(4)23-8-6-5-7-9-23/h5-17,19,21H,18H2,1-4H3,(H,27,29)/t21-/m0/s1.